The molecular weight excluding hydrogens is 781 g/mol. The van der Waals surface area contributed by atoms with Crippen LogP contribution in [0.2, 0.25) is 0 Å². The Morgan fingerprint density at radius 3 is 1.24 bits per heavy atom. The van der Waals surface area contributed by atoms with Crippen LogP contribution in [0.1, 0.15) is 40.0 Å². The number of aliphatic hydroxyl groups excluding tert-OH is 10. The Morgan fingerprint density at radius 2 is 0.927 bits per heavy atom. The molecule has 3 fully saturated rings. The van der Waals surface area contributed by atoms with Crippen LogP contribution < -0.4 is 104 Å². The molecule has 0 bridgehead atoms. The number of aliphatic carboxylic acids is 3. The minimum Gasteiger partial charge on any atom is -0.544 e. The monoisotopic (exact) mass is 828 g/mol. The molecule has 0 aliphatic carbocycles. The Balaban J connectivity index is 0.00000972. The molecule has 0 aromatic rings. The molecule has 0 radical (unpaired) electrons. The average molecular weight is 829 g/mol. The van der Waals surface area contributed by atoms with Gasteiger partial charge in [-0.15, -0.1) is 0 Å². The zero-order valence-corrected chi connectivity index (χ0v) is 37.3. The first-order valence-electron chi connectivity index (χ1n) is 16.4. The van der Waals surface area contributed by atoms with Gasteiger partial charge in [-0.2, -0.15) is 0 Å². The second-order valence-corrected chi connectivity index (χ2v) is 13.7. The molecular formula is C30H47Na3O22. The van der Waals surface area contributed by atoms with E-state index in [9.17, 15) is 85.9 Å². The predicted molar refractivity (Wildman–Crippen MR) is 154 cm³/mol. The molecule has 0 amide bonds. The van der Waals surface area contributed by atoms with Crippen molar-refractivity contribution in [3.05, 3.63) is 0 Å². The van der Waals surface area contributed by atoms with Crippen LogP contribution in [0.15, 0.2) is 0 Å². The maximum atomic E-state index is 12.6. The maximum absolute atomic E-state index is 12.6. The number of carboxylic acid groups (broad SMARTS) is 3. The van der Waals surface area contributed by atoms with Gasteiger partial charge in [0, 0.05) is 37.0 Å². The fourth-order valence-electron chi connectivity index (χ4n) is 6.63. The third kappa shape index (κ3) is 12.0. The summed E-state index contributed by atoms with van der Waals surface area (Å²) in [5, 5.41) is 151. The standard InChI is InChI=1S/C30H50O22.3Na/c1-10-13(34)4-28(47,25(41)42)50-23(10)20(39)17(8-32)48-30(27(45)46)6-15(36)12(3)24(52-30)21(40)18(9-33)49-29(26(43)44)5-14(35)11(2)22(51-29)19(38)16(37)7-31;;;/h10-24,31-40,47H,4-9H2,1-3H3,(H,41,42)(H,43,44)(H,45,46);;;/q;3*+1/p-3/t10-,11-,12-,13-,14-,15-,16-,17?,18?,19?,20-,21-,22?,23?,24?,28-,29-,30-;;;/m1.../s1. The summed E-state index contributed by atoms with van der Waals surface area (Å²) in [5.74, 6) is -19.6. The Labute approximate surface area is 381 Å². The fraction of sp³-hybridized carbons (Fsp3) is 0.900. The summed E-state index contributed by atoms with van der Waals surface area (Å²) in [6.07, 6.45) is -26.2. The number of aliphatic hydroxyl groups is 11. The molecule has 18 atom stereocenters. The van der Waals surface area contributed by atoms with Crippen molar-refractivity contribution in [1.82, 2.24) is 0 Å². The van der Waals surface area contributed by atoms with Gasteiger partial charge in [0.05, 0.1) is 56.4 Å². The van der Waals surface area contributed by atoms with Gasteiger partial charge in [-0.1, -0.05) is 20.8 Å². The second-order valence-electron chi connectivity index (χ2n) is 13.7. The van der Waals surface area contributed by atoms with Gasteiger partial charge in [0.1, 0.15) is 54.5 Å². The molecule has 0 spiro atoms. The van der Waals surface area contributed by atoms with E-state index in [1.807, 2.05) is 0 Å². The van der Waals surface area contributed by atoms with Crippen molar-refractivity contribution in [2.45, 2.75) is 131 Å². The minimum absolute atomic E-state index is 0. The van der Waals surface area contributed by atoms with Crippen LogP contribution in [0.5, 0.6) is 0 Å². The summed E-state index contributed by atoms with van der Waals surface area (Å²) < 4.78 is 27.0. The molecule has 3 rings (SSSR count). The Hall–Kier alpha value is 0.770. The third-order valence-corrected chi connectivity index (χ3v) is 10.1. The third-order valence-electron chi connectivity index (χ3n) is 10.1. The minimum atomic E-state index is -3.18. The molecule has 0 aromatic carbocycles. The number of hydrogen-bond acceptors (Lipinski definition) is 22. The summed E-state index contributed by atoms with van der Waals surface area (Å²) >= 11 is 0. The van der Waals surface area contributed by atoms with Gasteiger partial charge < -0.3 is 110 Å². The number of hydrogen-bond donors (Lipinski definition) is 11. The molecule has 25 heteroatoms. The summed E-state index contributed by atoms with van der Waals surface area (Å²) in [4.78, 5) is 36.5. The maximum Gasteiger partial charge on any atom is 1.00 e. The van der Waals surface area contributed by atoms with E-state index in [0.717, 1.165) is 0 Å². The first-order chi connectivity index (χ1) is 24.0. The van der Waals surface area contributed by atoms with E-state index in [0.29, 0.717) is 0 Å². The molecule has 0 aromatic heterocycles. The van der Waals surface area contributed by atoms with Crippen LogP contribution in [0.3, 0.4) is 0 Å². The van der Waals surface area contributed by atoms with E-state index in [4.69, 9.17) is 23.7 Å². The second kappa shape index (κ2) is 22.6. The van der Waals surface area contributed by atoms with Crippen molar-refractivity contribution in [1.29, 1.82) is 0 Å². The van der Waals surface area contributed by atoms with E-state index in [-0.39, 0.29) is 88.7 Å². The SMILES string of the molecule is C[C@H]1C(C(O)[C@H](O)CO)O[C@@](OC(CO)[C@@H](O)C2O[C@@](OC(CO)[C@@H](O)C3O[C@@](O)(C(=O)[O-])C[C@@H](O)[C@H]3C)(C(=O)[O-])C[C@@H](O)[C@H]2C)(C(=O)[O-])C[C@H]1O.[Na+].[Na+].[Na+]. The number of ether oxygens (including phenoxy) is 5. The first-order valence-corrected chi connectivity index (χ1v) is 16.4. The van der Waals surface area contributed by atoms with E-state index < -0.39 is 165 Å². The number of carbonyl (C=O) groups excluding carboxylic acids is 3. The number of carboxylic acids is 3. The Kier molecular flexibility index (Phi) is 22.9. The number of carbonyl (C=O) groups is 3. The average Bonchev–Trinajstić information content (AvgIpc) is 3.09. The molecule has 0 saturated carbocycles. The summed E-state index contributed by atoms with van der Waals surface area (Å²) in [5.41, 5.74) is 0. The van der Waals surface area contributed by atoms with Crippen LogP contribution in [0.25, 0.3) is 0 Å². The molecule has 302 valence electrons. The smallest absolute Gasteiger partial charge is 0.544 e. The molecule has 3 heterocycles. The van der Waals surface area contributed by atoms with Crippen molar-refractivity contribution < 1.29 is 198 Å². The Morgan fingerprint density at radius 1 is 0.600 bits per heavy atom. The van der Waals surface area contributed by atoms with Crippen LogP contribution in [0, 0.1) is 17.8 Å². The largest absolute Gasteiger partial charge is 1.00 e. The molecule has 22 nitrogen and oxygen atoms in total. The van der Waals surface area contributed by atoms with Crippen molar-refractivity contribution in [2.75, 3.05) is 19.8 Å². The van der Waals surface area contributed by atoms with Gasteiger partial charge in [-0.25, -0.2) is 0 Å². The van der Waals surface area contributed by atoms with Crippen molar-refractivity contribution in [3.63, 3.8) is 0 Å². The van der Waals surface area contributed by atoms with E-state index in [1.54, 1.807) is 0 Å². The van der Waals surface area contributed by atoms with Crippen molar-refractivity contribution in [2.24, 2.45) is 17.8 Å². The van der Waals surface area contributed by atoms with Gasteiger partial charge in [0.15, 0.2) is 0 Å². The van der Waals surface area contributed by atoms with Gasteiger partial charge in [0.25, 0.3) is 0 Å². The zero-order chi connectivity index (χ0) is 39.7. The topological polar surface area (TPSA) is 389 Å². The van der Waals surface area contributed by atoms with Crippen LogP contribution in [0.4, 0.5) is 0 Å². The van der Waals surface area contributed by atoms with E-state index >= 15 is 0 Å². The fourth-order valence-corrected chi connectivity index (χ4v) is 6.63. The summed E-state index contributed by atoms with van der Waals surface area (Å²) in [6.45, 7) is 0.238. The van der Waals surface area contributed by atoms with Gasteiger partial charge in [-0.05, 0) is 0 Å². The van der Waals surface area contributed by atoms with Gasteiger partial charge in [-0.3, -0.25) is 0 Å². The van der Waals surface area contributed by atoms with Gasteiger partial charge in [0.2, 0.25) is 17.4 Å². The van der Waals surface area contributed by atoms with Crippen molar-refractivity contribution >= 4 is 17.9 Å². The van der Waals surface area contributed by atoms with Crippen LogP contribution in [-0.4, -0.2) is 185 Å². The predicted octanol–water partition coefficient (Wildman–Crippen LogP) is -19.1. The molecule has 3 aliphatic heterocycles. The molecule has 3 saturated heterocycles. The van der Waals surface area contributed by atoms with Crippen LogP contribution in [-0.2, 0) is 38.1 Å². The van der Waals surface area contributed by atoms with Gasteiger partial charge >= 0.3 is 88.7 Å². The Bertz CT molecular complexity index is 1260. The zero-order valence-electron chi connectivity index (χ0n) is 31.3. The molecule has 11 N–H and O–H groups in total. The number of rotatable bonds is 16. The van der Waals surface area contributed by atoms with E-state index in [2.05, 4.69) is 0 Å². The first kappa shape index (κ1) is 55.8. The van der Waals surface area contributed by atoms with Crippen molar-refractivity contribution in [3.8, 4) is 0 Å². The summed E-state index contributed by atoms with van der Waals surface area (Å²) in [7, 11) is 0. The molecule has 55 heavy (non-hydrogen) atoms. The molecule has 6 unspecified atom stereocenters. The van der Waals surface area contributed by atoms with E-state index in [1.165, 1.54) is 20.8 Å². The quantitative estimate of drug-likeness (QED) is 0.0643. The summed E-state index contributed by atoms with van der Waals surface area (Å²) in [6, 6.07) is 0. The normalized spacial score (nSPS) is 39.7. The van der Waals surface area contributed by atoms with Crippen LogP contribution >= 0.6 is 0 Å². The molecule has 3 aliphatic rings.